The minimum atomic E-state index is 0.411. The molecule has 0 saturated carbocycles. The molecule has 2 rings (SSSR count). The summed E-state index contributed by atoms with van der Waals surface area (Å²) >= 11 is 0. The molecule has 6 nitrogen and oxygen atoms in total. The second kappa shape index (κ2) is 8.23. The third-order valence-corrected chi connectivity index (χ3v) is 4.38. The lowest BCUT2D eigenvalue weighted by atomic mass is 10.0. The van der Waals surface area contributed by atoms with Gasteiger partial charge in [0.25, 0.3) is 0 Å². The maximum Gasteiger partial charge on any atom is 0.166 e. The van der Waals surface area contributed by atoms with Gasteiger partial charge in [-0.05, 0) is 31.7 Å². The molecule has 1 aliphatic heterocycles. The number of morpholine rings is 1. The van der Waals surface area contributed by atoms with E-state index < -0.39 is 0 Å². The van der Waals surface area contributed by atoms with Crippen molar-refractivity contribution in [1.29, 1.82) is 5.26 Å². The van der Waals surface area contributed by atoms with Crippen molar-refractivity contribution in [2.75, 3.05) is 38.2 Å². The van der Waals surface area contributed by atoms with Gasteiger partial charge >= 0.3 is 0 Å². The van der Waals surface area contributed by atoms with Crippen LogP contribution in [0.25, 0.3) is 0 Å². The first-order valence-corrected chi connectivity index (χ1v) is 8.32. The van der Waals surface area contributed by atoms with E-state index in [4.69, 9.17) is 4.74 Å². The van der Waals surface area contributed by atoms with Crippen molar-refractivity contribution in [1.82, 2.24) is 15.1 Å². The van der Waals surface area contributed by atoms with Gasteiger partial charge in [-0.25, -0.2) is 0 Å². The number of hydrogen-bond acceptors (Lipinski definition) is 6. The third kappa shape index (κ3) is 4.63. The standard InChI is InChI=1S/C17H27N5O/c1-12(2)9-15(22-5-7-23-8-6-22)11-19-17-16(10-18)13(3)14(4)20-21-17/h12,15H,5-9,11H2,1-4H3,(H,19,21)/t15-/m0/s1. The van der Waals surface area contributed by atoms with Crippen LogP contribution in [-0.4, -0.2) is 54.0 Å². The van der Waals surface area contributed by atoms with E-state index in [2.05, 4.69) is 40.3 Å². The number of hydrogen-bond donors (Lipinski definition) is 1. The maximum atomic E-state index is 9.40. The van der Waals surface area contributed by atoms with Gasteiger partial charge in [-0.2, -0.15) is 10.4 Å². The van der Waals surface area contributed by atoms with Crippen molar-refractivity contribution < 1.29 is 4.74 Å². The number of aromatic nitrogens is 2. The molecule has 126 valence electrons. The first-order valence-electron chi connectivity index (χ1n) is 8.32. The lowest BCUT2D eigenvalue weighted by molar-refractivity contribution is 0.0150. The fraction of sp³-hybridized carbons (Fsp3) is 0.706. The van der Waals surface area contributed by atoms with E-state index in [1.165, 1.54) is 0 Å². The zero-order valence-electron chi connectivity index (χ0n) is 14.6. The van der Waals surface area contributed by atoms with E-state index in [0.717, 1.165) is 50.5 Å². The van der Waals surface area contributed by atoms with Crippen LogP contribution in [0.4, 0.5) is 5.82 Å². The Hall–Kier alpha value is -1.71. The normalized spacial score (nSPS) is 17.0. The van der Waals surface area contributed by atoms with E-state index in [9.17, 15) is 5.26 Å². The average molecular weight is 317 g/mol. The largest absolute Gasteiger partial charge is 0.379 e. The third-order valence-electron chi connectivity index (χ3n) is 4.38. The molecule has 0 radical (unpaired) electrons. The molecule has 0 aromatic carbocycles. The number of anilines is 1. The second-order valence-corrected chi connectivity index (χ2v) is 6.56. The molecule has 1 aromatic heterocycles. The Bertz CT molecular complexity index is 561. The van der Waals surface area contributed by atoms with Gasteiger partial charge in [-0.3, -0.25) is 4.90 Å². The highest BCUT2D eigenvalue weighted by atomic mass is 16.5. The zero-order chi connectivity index (χ0) is 16.8. The minimum absolute atomic E-state index is 0.411. The monoisotopic (exact) mass is 317 g/mol. The molecule has 2 heterocycles. The Kier molecular flexibility index (Phi) is 6.31. The van der Waals surface area contributed by atoms with Crippen molar-refractivity contribution in [2.24, 2.45) is 5.92 Å². The average Bonchev–Trinajstić information content (AvgIpc) is 2.55. The molecular formula is C17H27N5O. The highest BCUT2D eigenvalue weighted by molar-refractivity contribution is 5.55. The number of nitrogens with zero attached hydrogens (tertiary/aromatic N) is 4. The van der Waals surface area contributed by atoms with E-state index in [1.54, 1.807) is 0 Å². The van der Waals surface area contributed by atoms with Gasteiger partial charge in [0.05, 0.1) is 18.9 Å². The summed E-state index contributed by atoms with van der Waals surface area (Å²) in [5.74, 6) is 1.21. The van der Waals surface area contributed by atoms with Gasteiger partial charge in [-0.1, -0.05) is 13.8 Å². The number of ether oxygens (including phenoxy) is 1. The molecule has 6 heteroatoms. The fourth-order valence-corrected chi connectivity index (χ4v) is 2.93. The van der Waals surface area contributed by atoms with Gasteiger partial charge in [-0.15, -0.1) is 5.10 Å². The molecule has 1 N–H and O–H groups in total. The van der Waals surface area contributed by atoms with Gasteiger partial charge in [0.1, 0.15) is 11.6 Å². The van der Waals surface area contributed by atoms with Crippen molar-refractivity contribution in [2.45, 2.75) is 40.2 Å². The first-order chi connectivity index (χ1) is 11.0. The summed E-state index contributed by atoms with van der Waals surface area (Å²) in [4.78, 5) is 2.47. The fourth-order valence-electron chi connectivity index (χ4n) is 2.93. The van der Waals surface area contributed by atoms with Gasteiger partial charge in [0, 0.05) is 25.7 Å². The van der Waals surface area contributed by atoms with E-state index >= 15 is 0 Å². The highest BCUT2D eigenvalue weighted by Crippen LogP contribution is 2.19. The smallest absolute Gasteiger partial charge is 0.166 e. The maximum absolute atomic E-state index is 9.40. The van der Waals surface area contributed by atoms with Crippen molar-refractivity contribution >= 4 is 5.82 Å². The molecule has 0 amide bonds. The number of nitriles is 1. The van der Waals surface area contributed by atoms with Crippen molar-refractivity contribution in [3.05, 3.63) is 16.8 Å². The number of aryl methyl sites for hydroxylation is 1. The molecule has 1 atom stereocenters. The topological polar surface area (TPSA) is 74.1 Å². The van der Waals surface area contributed by atoms with Crippen LogP contribution in [0.2, 0.25) is 0 Å². The predicted octanol–water partition coefficient (Wildman–Crippen LogP) is 2.12. The van der Waals surface area contributed by atoms with Gasteiger partial charge in [0.15, 0.2) is 5.82 Å². The molecule has 1 aromatic rings. The van der Waals surface area contributed by atoms with E-state index in [-0.39, 0.29) is 0 Å². The summed E-state index contributed by atoms with van der Waals surface area (Å²) in [5, 5.41) is 21.1. The number of nitrogens with one attached hydrogen (secondary N) is 1. The van der Waals surface area contributed by atoms with Crippen LogP contribution in [0.3, 0.4) is 0 Å². The van der Waals surface area contributed by atoms with Gasteiger partial charge < -0.3 is 10.1 Å². The quantitative estimate of drug-likeness (QED) is 0.866. The second-order valence-electron chi connectivity index (χ2n) is 6.56. The van der Waals surface area contributed by atoms with Crippen LogP contribution in [0, 0.1) is 31.1 Å². The molecule has 1 fully saturated rings. The van der Waals surface area contributed by atoms with Crippen LogP contribution in [0.1, 0.15) is 37.1 Å². The van der Waals surface area contributed by atoms with Crippen molar-refractivity contribution in [3.63, 3.8) is 0 Å². The summed E-state index contributed by atoms with van der Waals surface area (Å²) in [7, 11) is 0. The Morgan fingerprint density at radius 3 is 2.57 bits per heavy atom. The minimum Gasteiger partial charge on any atom is -0.379 e. The van der Waals surface area contributed by atoms with Gasteiger partial charge in [0.2, 0.25) is 0 Å². The lowest BCUT2D eigenvalue weighted by Crippen LogP contribution is -2.47. The van der Waals surface area contributed by atoms with E-state index in [1.807, 2.05) is 13.8 Å². The highest BCUT2D eigenvalue weighted by Gasteiger charge is 2.22. The molecule has 0 aliphatic carbocycles. The molecular weight excluding hydrogens is 290 g/mol. The van der Waals surface area contributed by atoms with Crippen LogP contribution in [-0.2, 0) is 4.74 Å². The lowest BCUT2D eigenvalue weighted by Gasteiger charge is -2.35. The summed E-state index contributed by atoms with van der Waals surface area (Å²) in [6.07, 6.45) is 1.10. The molecule has 0 unspecified atom stereocenters. The SMILES string of the molecule is Cc1nnc(NC[C@H](CC(C)C)N2CCOCC2)c(C#N)c1C. The molecule has 0 spiro atoms. The van der Waals surface area contributed by atoms with Crippen LogP contribution < -0.4 is 5.32 Å². The Morgan fingerprint density at radius 1 is 1.26 bits per heavy atom. The van der Waals surface area contributed by atoms with E-state index in [0.29, 0.717) is 23.3 Å². The Morgan fingerprint density at radius 2 is 1.96 bits per heavy atom. The van der Waals surface area contributed by atoms with Crippen LogP contribution in [0.15, 0.2) is 0 Å². The molecule has 1 saturated heterocycles. The van der Waals surface area contributed by atoms with Crippen LogP contribution in [0.5, 0.6) is 0 Å². The summed E-state index contributed by atoms with van der Waals surface area (Å²) < 4.78 is 5.46. The van der Waals surface area contributed by atoms with Crippen LogP contribution >= 0.6 is 0 Å². The number of rotatable bonds is 6. The van der Waals surface area contributed by atoms with Crippen molar-refractivity contribution in [3.8, 4) is 6.07 Å². The summed E-state index contributed by atoms with van der Waals surface area (Å²) in [5.41, 5.74) is 2.30. The predicted molar refractivity (Wildman–Crippen MR) is 90.3 cm³/mol. The molecule has 0 bridgehead atoms. The zero-order valence-corrected chi connectivity index (χ0v) is 14.6. The summed E-state index contributed by atoms with van der Waals surface area (Å²) in [6.45, 7) is 12.6. The Balaban J connectivity index is 2.09. The summed E-state index contributed by atoms with van der Waals surface area (Å²) in [6, 6.07) is 2.66. The Labute approximate surface area is 138 Å². The molecule has 1 aliphatic rings. The molecule has 23 heavy (non-hydrogen) atoms. The first kappa shape index (κ1) is 17.6.